The summed E-state index contributed by atoms with van der Waals surface area (Å²) in [6.07, 6.45) is 3.00. The topological polar surface area (TPSA) is 90.0 Å². The Morgan fingerprint density at radius 2 is 2.10 bits per heavy atom. The van der Waals surface area contributed by atoms with Gasteiger partial charge < -0.3 is 4.98 Å². The van der Waals surface area contributed by atoms with E-state index in [0.717, 1.165) is 5.56 Å². The number of benzene rings is 1. The van der Waals surface area contributed by atoms with Crippen LogP contribution < -0.4 is 10.7 Å². The van der Waals surface area contributed by atoms with Crippen molar-refractivity contribution in [3.05, 3.63) is 52.5 Å². The Bertz CT molecular complexity index is 851. The monoisotopic (exact) mass is 286 g/mol. The molecule has 0 amide bonds. The second kappa shape index (κ2) is 5.16. The van der Waals surface area contributed by atoms with Crippen LogP contribution in [-0.4, -0.2) is 33.2 Å². The largest absolute Gasteiger partial charge is 0.348 e. The summed E-state index contributed by atoms with van der Waals surface area (Å²) in [6.45, 7) is 0. The summed E-state index contributed by atoms with van der Waals surface area (Å²) in [7, 11) is 1.65. The van der Waals surface area contributed by atoms with Crippen molar-refractivity contribution in [2.24, 2.45) is 5.10 Å². The molecule has 2 N–H and O–H groups in total. The van der Waals surface area contributed by atoms with Gasteiger partial charge in [-0.2, -0.15) is 10.1 Å². The molecular formula is C13H11FN6O. The first-order valence-corrected chi connectivity index (χ1v) is 6.10. The molecule has 3 aromatic rings. The minimum atomic E-state index is -0.495. The van der Waals surface area contributed by atoms with Crippen LogP contribution in [0.2, 0.25) is 0 Å². The first kappa shape index (κ1) is 13.0. The van der Waals surface area contributed by atoms with Crippen LogP contribution in [-0.2, 0) is 0 Å². The number of rotatable bonds is 3. The molecule has 0 bridgehead atoms. The predicted molar refractivity (Wildman–Crippen MR) is 76.9 cm³/mol. The molecule has 1 aromatic carbocycles. The number of hydrogen-bond donors (Lipinski definition) is 2. The van der Waals surface area contributed by atoms with Gasteiger partial charge in [0, 0.05) is 7.05 Å². The molecule has 7 nitrogen and oxygen atoms in total. The number of nitrogens with one attached hydrogen (secondary N) is 2. The van der Waals surface area contributed by atoms with E-state index in [0.29, 0.717) is 17.0 Å². The summed E-state index contributed by atoms with van der Waals surface area (Å²) < 4.78 is 12.8. The Morgan fingerprint density at radius 3 is 2.86 bits per heavy atom. The van der Waals surface area contributed by atoms with Crippen molar-refractivity contribution >= 4 is 23.2 Å². The third-order valence-corrected chi connectivity index (χ3v) is 2.85. The number of H-pyrrole nitrogens is 2. The van der Waals surface area contributed by atoms with Crippen LogP contribution in [0.25, 0.3) is 11.2 Å². The van der Waals surface area contributed by atoms with Gasteiger partial charge in [0.2, 0.25) is 0 Å². The maximum absolute atomic E-state index is 12.8. The third-order valence-electron chi connectivity index (χ3n) is 2.85. The number of imidazole rings is 1. The molecule has 0 fully saturated rings. The fraction of sp³-hybridized carbons (Fsp3) is 0.0769. The number of anilines is 1. The van der Waals surface area contributed by atoms with E-state index in [1.54, 1.807) is 25.4 Å². The van der Waals surface area contributed by atoms with E-state index in [2.05, 4.69) is 25.0 Å². The molecule has 0 aliphatic carbocycles. The molecule has 3 rings (SSSR count). The fourth-order valence-corrected chi connectivity index (χ4v) is 1.83. The van der Waals surface area contributed by atoms with Gasteiger partial charge in [0.05, 0.1) is 12.5 Å². The highest BCUT2D eigenvalue weighted by Crippen LogP contribution is 2.16. The van der Waals surface area contributed by atoms with Gasteiger partial charge >= 0.3 is 5.69 Å². The van der Waals surface area contributed by atoms with Crippen molar-refractivity contribution in [2.75, 3.05) is 12.1 Å². The fourth-order valence-electron chi connectivity index (χ4n) is 1.83. The highest BCUT2D eigenvalue weighted by molar-refractivity contribution is 5.84. The smallest absolute Gasteiger partial charge is 0.331 e. The van der Waals surface area contributed by atoms with Crippen LogP contribution in [0, 0.1) is 5.82 Å². The van der Waals surface area contributed by atoms with E-state index in [1.807, 2.05) is 0 Å². The van der Waals surface area contributed by atoms with E-state index < -0.39 is 5.69 Å². The van der Waals surface area contributed by atoms with E-state index >= 15 is 0 Å². The number of fused-ring (bicyclic) bond motifs is 1. The molecule has 2 heterocycles. The molecule has 0 aliphatic heterocycles. The van der Waals surface area contributed by atoms with Gasteiger partial charge in [-0.1, -0.05) is 12.1 Å². The lowest BCUT2D eigenvalue weighted by Crippen LogP contribution is -2.18. The lowest BCUT2D eigenvalue weighted by atomic mass is 10.2. The summed E-state index contributed by atoms with van der Waals surface area (Å²) in [5.74, 6) is 0.0170. The average molecular weight is 286 g/mol. The quantitative estimate of drug-likeness (QED) is 0.560. The van der Waals surface area contributed by atoms with Crippen LogP contribution in [0.4, 0.5) is 10.2 Å². The minimum absolute atomic E-state index is 0.310. The lowest BCUT2D eigenvalue weighted by molar-refractivity contribution is 0.628. The first-order valence-electron chi connectivity index (χ1n) is 6.10. The number of aromatic amines is 2. The number of nitrogens with zero attached hydrogens (tertiary/aromatic N) is 4. The zero-order valence-electron chi connectivity index (χ0n) is 11.0. The maximum atomic E-state index is 12.8. The molecule has 0 atom stereocenters. The molecule has 21 heavy (non-hydrogen) atoms. The van der Waals surface area contributed by atoms with Crippen molar-refractivity contribution in [1.29, 1.82) is 0 Å². The Morgan fingerprint density at radius 1 is 1.33 bits per heavy atom. The zero-order chi connectivity index (χ0) is 14.8. The summed E-state index contributed by atoms with van der Waals surface area (Å²) in [5, 5.41) is 5.61. The zero-order valence-corrected chi connectivity index (χ0v) is 11.0. The SMILES string of the molecule is CN(/N=C/c1ccc(F)cc1)c1nc(=O)[nH]c2[nH]cnc12. The van der Waals surface area contributed by atoms with Crippen molar-refractivity contribution in [2.45, 2.75) is 0 Å². The van der Waals surface area contributed by atoms with Gasteiger partial charge in [0.15, 0.2) is 5.82 Å². The van der Waals surface area contributed by atoms with Crippen molar-refractivity contribution < 1.29 is 4.39 Å². The van der Waals surface area contributed by atoms with Gasteiger partial charge in [-0.25, -0.2) is 19.2 Å². The number of hydrogen-bond acceptors (Lipinski definition) is 5. The molecule has 106 valence electrons. The Hall–Kier alpha value is -3.03. The van der Waals surface area contributed by atoms with Crippen molar-refractivity contribution in [1.82, 2.24) is 19.9 Å². The molecule has 8 heteroatoms. The number of halogens is 1. The summed E-state index contributed by atoms with van der Waals surface area (Å²) in [6, 6.07) is 5.89. The summed E-state index contributed by atoms with van der Waals surface area (Å²) in [5.41, 5.74) is 1.22. The van der Waals surface area contributed by atoms with Crippen LogP contribution >= 0.6 is 0 Å². The van der Waals surface area contributed by atoms with Gasteiger partial charge in [0.1, 0.15) is 17.0 Å². The molecule has 0 spiro atoms. The average Bonchev–Trinajstić information content (AvgIpc) is 2.93. The Labute approximate surface area is 118 Å². The van der Waals surface area contributed by atoms with Gasteiger partial charge in [-0.05, 0) is 17.7 Å². The van der Waals surface area contributed by atoms with E-state index in [-0.39, 0.29) is 5.82 Å². The van der Waals surface area contributed by atoms with Gasteiger partial charge in [-0.3, -0.25) is 4.98 Å². The molecule has 0 saturated carbocycles. The van der Waals surface area contributed by atoms with E-state index in [4.69, 9.17) is 0 Å². The van der Waals surface area contributed by atoms with E-state index in [1.165, 1.54) is 23.5 Å². The second-order valence-corrected chi connectivity index (χ2v) is 4.31. The van der Waals surface area contributed by atoms with Gasteiger partial charge in [0.25, 0.3) is 0 Å². The highest BCUT2D eigenvalue weighted by Gasteiger charge is 2.10. The molecular weight excluding hydrogens is 275 g/mol. The molecule has 0 unspecified atom stereocenters. The molecule has 0 aliphatic rings. The Balaban J connectivity index is 1.93. The molecule has 0 saturated heterocycles. The molecule has 0 radical (unpaired) electrons. The number of aromatic nitrogens is 4. The van der Waals surface area contributed by atoms with Crippen LogP contribution in [0.15, 0.2) is 40.5 Å². The van der Waals surface area contributed by atoms with Crippen molar-refractivity contribution in [3.8, 4) is 0 Å². The van der Waals surface area contributed by atoms with Crippen LogP contribution in [0.1, 0.15) is 5.56 Å². The standard InChI is InChI=1S/C13H11FN6O/c1-20(17-6-8-2-4-9(14)5-3-8)12-10-11(16-7-15-10)18-13(21)19-12/h2-7H,1H3,(H2,15,16,18,19,21)/b17-6+. The maximum Gasteiger partial charge on any atom is 0.348 e. The molecule has 2 aromatic heterocycles. The highest BCUT2D eigenvalue weighted by atomic mass is 19.1. The van der Waals surface area contributed by atoms with Gasteiger partial charge in [-0.15, -0.1) is 0 Å². The third kappa shape index (κ3) is 2.64. The first-order chi connectivity index (χ1) is 10.1. The second-order valence-electron chi connectivity index (χ2n) is 4.31. The number of hydrazone groups is 1. The van der Waals surface area contributed by atoms with E-state index in [9.17, 15) is 9.18 Å². The van der Waals surface area contributed by atoms with Crippen LogP contribution in [0.3, 0.4) is 0 Å². The minimum Gasteiger partial charge on any atom is -0.331 e. The lowest BCUT2D eigenvalue weighted by Gasteiger charge is -2.11. The Kier molecular flexibility index (Phi) is 3.19. The van der Waals surface area contributed by atoms with Crippen molar-refractivity contribution in [3.63, 3.8) is 0 Å². The summed E-state index contributed by atoms with van der Waals surface area (Å²) in [4.78, 5) is 24.8. The van der Waals surface area contributed by atoms with Crippen LogP contribution in [0.5, 0.6) is 0 Å². The normalized spacial score (nSPS) is 11.3. The predicted octanol–water partition coefficient (Wildman–Crippen LogP) is 1.26. The summed E-state index contributed by atoms with van der Waals surface area (Å²) >= 11 is 0.